The summed E-state index contributed by atoms with van der Waals surface area (Å²) >= 11 is 7.96. The highest BCUT2D eigenvalue weighted by atomic mass is 35.5. The summed E-state index contributed by atoms with van der Waals surface area (Å²) < 4.78 is 10.9. The van der Waals surface area contributed by atoms with E-state index in [1.807, 2.05) is 36.0 Å². The van der Waals surface area contributed by atoms with Crippen LogP contribution in [0, 0.1) is 0 Å². The van der Waals surface area contributed by atoms with E-state index in [9.17, 15) is 4.79 Å². The highest BCUT2D eigenvalue weighted by molar-refractivity contribution is 7.09. The van der Waals surface area contributed by atoms with Crippen LogP contribution in [0.4, 0.5) is 0 Å². The molecule has 0 saturated carbocycles. The van der Waals surface area contributed by atoms with Gasteiger partial charge in [-0.25, -0.2) is 0 Å². The molecule has 1 fully saturated rings. The van der Waals surface area contributed by atoms with E-state index < -0.39 is 0 Å². The molecule has 8 heteroatoms. The minimum atomic E-state index is -0.197. The quantitative estimate of drug-likeness (QED) is 0.505. The van der Waals surface area contributed by atoms with Crippen LogP contribution < -0.4 is 14.8 Å². The number of carbonyl (C=O) groups is 1. The van der Waals surface area contributed by atoms with Gasteiger partial charge in [-0.3, -0.25) is 14.7 Å². The maximum absolute atomic E-state index is 13.2. The molecule has 2 aliphatic heterocycles. The van der Waals surface area contributed by atoms with Crippen molar-refractivity contribution < 1.29 is 14.3 Å². The standard InChI is InChI=1S/C27H26ClN3O3S/c28-18-2-3-21-22(10-18)24(12-25(32)23(21)11-20-13-29-15-35-20)30-19-5-7-31(8-6-19)14-17-1-4-26-27(9-17)34-16-33-26/h1-4,9-10,12-13,15,19,23,30H,5-8,11,14,16H2. The Bertz CT molecular complexity index is 1270. The lowest BCUT2D eigenvalue weighted by molar-refractivity contribution is -0.116. The molecule has 35 heavy (non-hydrogen) atoms. The predicted molar refractivity (Wildman–Crippen MR) is 137 cm³/mol. The third-order valence-corrected chi connectivity index (χ3v) is 8.03. The maximum atomic E-state index is 13.2. The van der Waals surface area contributed by atoms with E-state index in [4.69, 9.17) is 21.1 Å². The van der Waals surface area contributed by atoms with Gasteiger partial charge in [0.1, 0.15) is 0 Å². The fraction of sp³-hybridized carbons (Fsp3) is 0.333. The van der Waals surface area contributed by atoms with Crippen LogP contribution in [-0.4, -0.2) is 41.6 Å². The molecule has 3 aliphatic rings. The predicted octanol–water partition coefficient (Wildman–Crippen LogP) is 5.03. The van der Waals surface area contributed by atoms with Gasteiger partial charge in [0.15, 0.2) is 17.3 Å². The molecule has 1 aromatic heterocycles. The number of likely N-dealkylation sites (tertiary alicyclic amines) is 1. The largest absolute Gasteiger partial charge is 0.454 e. The summed E-state index contributed by atoms with van der Waals surface area (Å²) in [5, 5.41) is 4.36. The van der Waals surface area contributed by atoms with Crippen LogP contribution in [0.15, 0.2) is 54.2 Å². The van der Waals surface area contributed by atoms with Gasteiger partial charge in [-0.15, -0.1) is 11.3 Å². The fourth-order valence-electron chi connectivity index (χ4n) is 5.17. The van der Waals surface area contributed by atoms with Crippen molar-refractivity contribution in [3.05, 3.63) is 80.8 Å². The Hall–Kier alpha value is -2.87. The van der Waals surface area contributed by atoms with Crippen molar-refractivity contribution in [1.82, 2.24) is 15.2 Å². The first-order valence-corrected chi connectivity index (χ1v) is 13.2. The van der Waals surface area contributed by atoms with Crippen LogP contribution in [0.2, 0.25) is 5.02 Å². The second-order valence-corrected chi connectivity index (χ2v) is 10.7. The number of thiazole rings is 1. The normalized spacial score (nSPS) is 20.0. The Morgan fingerprint density at radius 2 is 1.97 bits per heavy atom. The second kappa shape index (κ2) is 9.64. The summed E-state index contributed by atoms with van der Waals surface area (Å²) in [6.07, 6.45) is 6.32. The van der Waals surface area contributed by atoms with Crippen LogP contribution in [0.25, 0.3) is 5.70 Å². The highest BCUT2D eigenvalue weighted by Gasteiger charge is 2.30. The van der Waals surface area contributed by atoms with Gasteiger partial charge in [0.2, 0.25) is 6.79 Å². The SMILES string of the molecule is O=C1C=C(NC2CCN(Cc3ccc4c(c3)OCO4)CC2)c2cc(Cl)ccc2C1Cc1cncs1. The fourth-order valence-corrected chi connectivity index (χ4v) is 5.98. The Kier molecular flexibility index (Phi) is 6.22. The van der Waals surface area contributed by atoms with Crippen molar-refractivity contribution >= 4 is 34.4 Å². The molecule has 3 aromatic rings. The number of carbonyl (C=O) groups excluding carboxylic acids is 1. The van der Waals surface area contributed by atoms with Gasteiger partial charge in [0, 0.05) is 59.1 Å². The number of piperidine rings is 1. The van der Waals surface area contributed by atoms with E-state index >= 15 is 0 Å². The van der Waals surface area contributed by atoms with E-state index in [1.54, 1.807) is 17.4 Å². The number of nitrogens with zero attached hydrogens (tertiary/aromatic N) is 2. The molecule has 2 aromatic carbocycles. The summed E-state index contributed by atoms with van der Waals surface area (Å²) in [7, 11) is 0. The Balaban J connectivity index is 1.12. The van der Waals surface area contributed by atoms with Crippen molar-refractivity contribution in [3.63, 3.8) is 0 Å². The number of benzene rings is 2. The second-order valence-electron chi connectivity index (χ2n) is 9.30. The number of ketones is 1. The number of rotatable bonds is 6. The van der Waals surface area contributed by atoms with Crippen molar-refractivity contribution in [2.75, 3.05) is 19.9 Å². The topological polar surface area (TPSA) is 63.7 Å². The maximum Gasteiger partial charge on any atom is 0.231 e. The lowest BCUT2D eigenvalue weighted by atomic mass is 9.82. The molecule has 0 amide bonds. The number of hydrogen-bond acceptors (Lipinski definition) is 7. The number of allylic oxidation sites excluding steroid dienone is 1. The van der Waals surface area contributed by atoms with Crippen LogP contribution in [-0.2, 0) is 17.8 Å². The van der Waals surface area contributed by atoms with Gasteiger partial charge in [-0.05, 0) is 54.7 Å². The van der Waals surface area contributed by atoms with E-state index in [0.717, 1.165) is 65.7 Å². The Morgan fingerprint density at radius 1 is 1.11 bits per heavy atom. The molecule has 1 saturated heterocycles. The van der Waals surface area contributed by atoms with Gasteiger partial charge in [-0.1, -0.05) is 23.7 Å². The number of nitrogens with one attached hydrogen (secondary N) is 1. The number of hydrogen-bond donors (Lipinski definition) is 1. The van der Waals surface area contributed by atoms with Crippen molar-refractivity contribution in [2.45, 2.75) is 37.8 Å². The van der Waals surface area contributed by atoms with Gasteiger partial charge >= 0.3 is 0 Å². The monoisotopic (exact) mass is 507 g/mol. The lowest BCUT2D eigenvalue weighted by Crippen LogP contribution is -2.42. The van der Waals surface area contributed by atoms with Crippen LogP contribution in [0.5, 0.6) is 11.5 Å². The van der Waals surface area contributed by atoms with Crippen molar-refractivity contribution in [2.24, 2.45) is 0 Å². The van der Waals surface area contributed by atoms with E-state index in [2.05, 4.69) is 27.3 Å². The Labute approximate surface area is 213 Å². The van der Waals surface area contributed by atoms with Crippen molar-refractivity contribution in [1.29, 1.82) is 0 Å². The molecule has 1 atom stereocenters. The smallest absolute Gasteiger partial charge is 0.231 e. The van der Waals surface area contributed by atoms with Gasteiger partial charge < -0.3 is 14.8 Å². The molecule has 0 spiro atoms. The summed E-state index contributed by atoms with van der Waals surface area (Å²) in [6, 6.07) is 12.4. The summed E-state index contributed by atoms with van der Waals surface area (Å²) in [5.74, 6) is 1.59. The average molecular weight is 508 g/mol. The molecular formula is C27H26ClN3O3S. The summed E-state index contributed by atoms with van der Waals surface area (Å²) in [4.78, 5) is 20.9. The van der Waals surface area contributed by atoms with Crippen LogP contribution >= 0.6 is 22.9 Å². The molecule has 1 unspecified atom stereocenters. The zero-order chi connectivity index (χ0) is 23.8. The first kappa shape index (κ1) is 22.6. The van der Waals surface area contributed by atoms with Gasteiger partial charge in [0.25, 0.3) is 0 Å². The van der Waals surface area contributed by atoms with E-state index in [1.165, 1.54) is 5.56 Å². The lowest BCUT2D eigenvalue weighted by Gasteiger charge is -2.35. The zero-order valence-electron chi connectivity index (χ0n) is 19.2. The molecule has 3 heterocycles. The zero-order valence-corrected chi connectivity index (χ0v) is 20.8. The van der Waals surface area contributed by atoms with E-state index in [-0.39, 0.29) is 11.7 Å². The minimum absolute atomic E-state index is 0.135. The number of fused-ring (bicyclic) bond motifs is 2. The number of ether oxygens (including phenoxy) is 2. The third kappa shape index (κ3) is 4.81. The number of aromatic nitrogens is 1. The Morgan fingerprint density at radius 3 is 2.80 bits per heavy atom. The molecule has 6 nitrogen and oxygen atoms in total. The first-order chi connectivity index (χ1) is 17.1. The van der Waals surface area contributed by atoms with Gasteiger partial charge in [-0.2, -0.15) is 0 Å². The van der Waals surface area contributed by atoms with E-state index in [0.29, 0.717) is 24.3 Å². The molecule has 0 bridgehead atoms. The number of halogens is 1. The molecule has 6 rings (SSSR count). The summed E-state index contributed by atoms with van der Waals surface area (Å²) in [5.41, 5.74) is 6.01. The van der Waals surface area contributed by atoms with Crippen LogP contribution in [0.3, 0.4) is 0 Å². The first-order valence-electron chi connectivity index (χ1n) is 11.9. The highest BCUT2D eigenvalue weighted by Crippen LogP contribution is 2.37. The summed E-state index contributed by atoms with van der Waals surface area (Å²) in [6.45, 7) is 3.17. The van der Waals surface area contributed by atoms with Crippen LogP contribution in [0.1, 0.15) is 40.3 Å². The van der Waals surface area contributed by atoms with Gasteiger partial charge in [0.05, 0.1) is 11.4 Å². The molecule has 1 N–H and O–H groups in total. The van der Waals surface area contributed by atoms with Crippen molar-refractivity contribution in [3.8, 4) is 11.5 Å². The molecule has 180 valence electrons. The minimum Gasteiger partial charge on any atom is -0.454 e. The average Bonchev–Trinajstić information content (AvgIpc) is 3.54. The molecule has 0 radical (unpaired) electrons. The molecular weight excluding hydrogens is 482 g/mol. The molecule has 1 aliphatic carbocycles. The third-order valence-electron chi connectivity index (χ3n) is 6.99.